The van der Waals surface area contributed by atoms with Crippen LogP contribution in [0.5, 0.6) is 5.88 Å². The molecule has 5 nitrogen and oxygen atoms in total. The van der Waals surface area contributed by atoms with Crippen LogP contribution in [-0.4, -0.2) is 36.3 Å². The molecule has 1 fully saturated rings. The Labute approximate surface area is 95.0 Å². The second-order valence-electron chi connectivity index (χ2n) is 3.44. The maximum absolute atomic E-state index is 12.6. The van der Waals surface area contributed by atoms with E-state index in [1.165, 1.54) is 7.05 Å². The summed E-state index contributed by atoms with van der Waals surface area (Å²) in [7, 11) is 1.51. The summed E-state index contributed by atoms with van der Waals surface area (Å²) >= 11 is 0. The van der Waals surface area contributed by atoms with Crippen LogP contribution in [0.4, 0.5) is 19.1 Å². The van der Waals surface area contributed by atoms with Crippen molar-refractivity contribution in [3.05, 3.63) is 11.8 Å². The van der Waals surface area contributed by atoms with Crippen LogP contribution in [0.15, 0.2) is 6.20 Å². The van der Waals surface area contributed by atoms with E-state index < -0.39 is 17.6 Å². The minimum atomic E-state index is -4.54. The van der Waals surface area contributed by atoms with Crippen LogP contribution in [0.25, 0.3) is 0 Å². The summed E-state index contributed by atoms with van der Waals surface area (Å²) in [5.74, 6) is -0.390. The summed E-state index contributed by atoms with van der Waals surface area (Å²) in [6.07, 6.45) is -4.21. The van der Waals surface area contributed by atoms with E-state index in [9.17, 15) is 13.2 Å². The molecule has 94 valence electrons. The molecule has 0 bridgehead atoms. The molecular weight excluding hydrogens is 239 g/mol. The van der Waals surface area contributed by atoms with Gasteiger partial charge in [-0.3, -0.25) is 0 Å². The third kappa shape index (κ3) is 2.57. The van der Waals surface area contributed by atoms with Gasteiger partial charge in [0.05, 0.1) is 13.2 Å². The van der Waals surface area contributed by atoms with Gasteiger partial charge >= 0.3 is 6.18 Å². The predicted molar refractivity (Wildman–Crippen MR) is 51.8 cm³/mol. The van der Waals surface area contributed by atoms with E-state index in [0.29, 0.717) is 6.20 Å². The first-order chi connectivity index (χ1) is 8.00. The molecule has 2 rings (SSSR count). The van der Waals surface area contributed by atoms with Gasteiger partial charge in [-0.15, -0.1) is 0 Å². The molecule has 0 aromatic carbocycles. The van der Waals surface area contributed by atoms with Gasteiger partial charge in [0.15, 0.2) is 0 Å². The molecule has 0 unspecified atom stereocenters. The maximum atomic E-state index is 12.6. The number of nitrogens with zero attached hydrogens (tertiary/aromatic N) is 2. The number of ether oxygens (including phenoxy) is 2. The van der Waals surface area contributed by atoms with Gasteiger partial charge in [0.1, 0.15) is 11.7 Å². The van der Waals surface area contributed by atoms with E-state index in [1.54, 1.807) is 0 Å². The zero-order chi connectivity index (χ0) is 12.5. The number of anilines is 1. The van der Waals surface area contributed by atoms with Crippen LogP contribution < -0.4 is 10.1 Å². The third-order valence-corrected chi connectivity index (χ3v) is 2.17. The first-order valence-electron chi connectivity index (χ1n) is 4.87. The van der Waals surface area contributed by atoms with Gasteiger partial charge in [0.2, 0.25) is 11.8 Å². The molecular formula is C9H10F3N3O2. The second kappa shape index (κ2) is 4.36. The van der Waals surface area contributed by atoms with Gasteiger partial charge in [0.25, 0.3) is 0 Å². The predicted octanol–water partition coefficient (Wildman–Crippen LogP) is 1.31. The van der Waals surface area contributed by atoms with Crippen molar-refractivity contribution in [3.8, 4) is 5.88 Å². The average Bonchev–Trinajstić information content (AvgIpc) is 2.21. The van der Waals surface area contributed by atoms with Crippen LogP contribution in [0.1, 0.15) is 5.56 Å². The fraction of sp³-hybridized carbons (Fsp3) is 0.556. The normalized spacial score (nSPS) is 16.5. The first kappa shape index (κ1) is 11.9. The van der Waals surface area contributed by atoms with Gasteiger partial charge in [-0.1, -0.05) is 0 Å². The minimum Gasteiger partial charge on any atom is -0.469 e. The molecule has 1 aromatic heterocycles. The number of hydrogen-bond donors (Lipinski definition) is 1. The zero-order valence-corrected chi connectivity index (χ0v) is 8.91. The van der Waals surface area contributed by atoms with E-state index in [2.05, 4.69) is 15.3 Å². The highest BCUT2D eigenvalue weighted by Crippen LogP contribution is 2.35. The highest BCUT2D eigenvalue weighted by atomic mass is 19.4. The minimum absolute atomic E-state index is 0.0771. The smallest absolute Gasteiger partial charge is 0.423 e. The van der Waals surface area contributed by atoms with Crippen LogP contribution in [0, 0.1) is 0 Å². The van der Waals surface area contributed by atoms with Crippen LogP contribution in [0.2, 0.25) is 0 Å². The number of halogens is 3. The van der Waals surface area contributed by atoms with Crippen molar-refractivity contribution in [2.24, 2.45) is 0 Å². The highest BCUT2D eigenvalue weighted by molar-refractivity contribution is 5.34. The summed E-state index contributed by atoms with van der Waals surface area (Å²) < 4.78 is 47.9. The van der Waals surface area contributed by atoms with Crippen LogP contribution in [0.3, 0.4) is 0 Å². The van der Waals surface area contributed by atoms with E-state index in [1.807, 2.05) is 0 Å². The van der Waals surface area contributed by atoms with E-state index in [0.717, 1.165) is 0 Å². The number of nitrogens with one attached hydrogen (secondary N) is 1. The highest BCUT2D eigenvalue weighted by Gasteiger charge is 2.37. The van der Waals surface area contributed by atoms with Gasteiger partial charge in [-0.2, -0.15) is 18.2 Å². The number of alkyl halides is 3. The van der Waals surface area contributed by atoms with Crippen molar-refractivity contribution in [1.29, 1.82) is 0 Å². The molecule has 0 saturated carbocycles. The van der Waals surface area contributed by atoms with Crippen molar-refractivity contribution in [1.82, 2.24) is 9.97 Å². The lowest BCUT2D eigenvalue weighted by Gasteiger charge is -2.27. The molecule has 0 atom stereocenters. The summed E-state index contributed by atoms with van der Waals surface area (Å²) in [6.45, 7) is 0.548. The van der Waals surface area contributed by atoms with Gasteiger partial charge in [-0.25, -0.2) is 4.98 Å². The Morgan fingerprint density at radius 2 is 2.18 bits per heavy atom. The molecule has 1 aliphatic heterocycles. The molecule has 8 heteroatoms. The van der Waals surface area contributed by atoms with Crippen molar-refractivity contribution in [3.63, 3.8) is 0 Å². The van der Waals surface area contributed by atoms with Gasteiger partial charge in [0, 0.05) is 13.2 Å². The quantitative estimate of drug-likeness (QED) is 0.875. The van der Waals surface area contributed by atoms with E-state index in [-0.39, 0.29) is 25.3 Å². The fourth-order valence-electron chi connectivity index (χ4n) is 1.21. The summed E-state index contributed by atoms with van der Waals surface area (Å²) in [5.41, 5.74) is -0.983. The van der Waals surface area contributed by atoms with Crippen molar-refractivity contribution in [2.75, 3.05) is 25.6 Å². The largest absolute Gasteiger partial charge is 0.469 e. The lowest BCUT2D eigenvalue weighted by atomic mass is 10.3. The molecule has 1 N–H and O–H groups in total. The molecule has 0 aliphatic carbocycles. The van der Waals surface area contributed by atoms with Crippen molar-refractivity contribution >= 4 is 5.95 Å². The topological polar surface area (TPSA) is 56.3 Å². The van der Waals surface area contributed by atoms with Crippen molar-refractivity contribution < 1.29 is 22.6 Å². The monoisotopic (exact) mass is 249 g/mol. The Morgan fingerprint density at radius 1 is 1.47 bits per heavy atom. The average molecular weight is 249 g/mol. The van der Waals surface area contributed by atoms with E-state index >= 15 is 0 Å². The summed E-state index contributed by atoms with van der Waals surface area (Å²) in [6, 6.07) is 0. The van der Waals surface area contributed by atoms with Crippen LogP contribution >= 0.6 is 0 Å². The number of rotatable bonds is 3. The second-order valence-corrected chi connectivity index (χ2v) is 3.44. The van der Waals surface area contributed by atoms with Crippen molar-refractivity contribution in [2.45, 2.75) is 12.3 Å². The maximum Gasteiger partial charge on any atom is 0.423 e. The van der Waals surface area contributed by atoms with Gasteiger partial charge in [-0.05, 0) is 0 Å². The number of hydrogen-bond acceptors (Lipinski definition) is 5. The lowest BCUT2D eigenvalue weighted by molar-refractivity contribution is -0.142. The Kier molecular flexibility index (Phi) is 3.05. The zero-order valence-electron chi connectivity index (χ0n) is 8.91. The third-order valence-electron chi connectivity index (χ3n) is 2.17. The Balaban J connectivity index is 2.29. The standard InChI is InChI=1S/C9H10F3N3O2/c1-13-8-14-2-6(9(10,11)12)7(15-8)17-5-3-16-4-5/h2,5H,3-4H2,1H3,(H,13,14,15). The molecule has 0 spiro atoms. The van der Waals surface area contributed by atoms with Crippen LogP contribution in [-0.2, 0) is 10.9 Å². The fourth-order valence-corrected chi connectivity index (χ4v) is 1.21. The molecule has 0 amide bonds. The Hall–Kier alpha value is -1.57. The first-order valence-corrected chi connectivity index (χ1v) is 4.87. The summed E-state index contributed by atoms with van der Waals surface area (Å²) in [5, 5.41) is 2.55. The molecule has 1 saturated heterocycles. The molecule has 1 aromatic rings. The molecule has 17 heavy (non-hydrogen) atoms. The molecule has 1 aliphatic rings. The molecule has 2 heterocycles. The van der Waals surface area contributed by atoms with Gasteiger partial charge < -0.3 is 14.8 Å². The summed E-state index contributed by atoms with van der Waals surface area (Å²) in [4.78, 5) is 7.18. The van der Waals surface area contributed by atoms with E-state index in [4.69, 9.17) is 9.47 Å². The molecule has 0 radical (unpaired) electrons. The Bertz CT molecular complexity index is 407. The lowest BCUT2D eigenvalue weighted by Crippen LogP contribution is -2.39. The SMILES string of the molecule is CNc1ncc(C(F)(F)F)c(OC2COC2)n1. The Morgan fingerprint density at radius 3 is 2.65 bits per heavy atom. The number of aromatic nitrogens is 2.